The van der Waals surface area contributed by atoms with Crippen molar-refractivity contribution in [3.63, 3.8) is 0 Å². The van der Waals surface area contributed by atoms with Crippen LogP contribution in [0.25, 0.3) is 0 Å². The van der Waals surface area contributed by atoms with Crippen molar-refractivity contribution in [2.24, 2.45) is 0 Å². The Balaban J connectivity index is 2.27. The molecule has 2 rings (SSSR count). The van der Waals surface area contributed by atoms with Gasteiger partial charge in [-0.2, -0.15) is 4.31 Å². The first kappa shape index (κ1) is 20.6. The zero-order valence-corrected chi connectivity index (χ0v) is 17.9. The Morgan fingerprint density at radius 1 is 1.04 bits per heavy atom. The molecule has 5 nitrogen and oxygen atoms in total. The predicted octanol–water partition coefficient (Wildman–Crippen LogP) is 4.06. The van der Waals surface area contributed by atoms with Crippen molar-refractivity contribution in [3.8, 4) is 0 Å². The number of nitrogens with zero attached hydrogens (tertiary/aromatic N) is 2. The molecule has 0 aromatic heterocycles. The lowest BCUT2D eigenvalue weighted by molar-refractivity contribution is 0.0993. The summed E-state index contributed by atoms with van der Waals surface area (Å²) in [6.07, 6.45) is 0. The van der Waals surface area contributed by atoms with Crippen LogP contribution in [0.15, 0.2) is 51.8 Å². The smallest absolute Gasteiger partial charge is 0.258 e. The Morgan fingerprint density at radius 2 is 1.62 bits per heavy atom. The highest BCUT2D eigenvalue weighted by Crippen LogP contribution is 2.24. The average molecular weight is 439 g/mol. The van der Waals surface area contributed by atoms with E-state index in [4.69, 9.17) is 0 Å². The highest BCUT2D eigenvalue weighted by molar-refractivity contribution is 9.10. The summed E-state index contributed by atoms with van der Waals surface area (Å²) in [5, 5.41) is 0. The number of hydrogen-bond acceptors (Lipinski definition) is 3. The van der Waals surface area contributed by atoms with Gasteiger partial charge in [0, 0.05) is 35.9 Å². The minimum absolute atomic E-state index is 0.145. The fourth-order valence-electron chi connectivity index (χ4n) is 2.36. The molecule has 2 aromatic rings. The third kappa shape index (κ3) is 4.16. The first-order chi connectivity index (χ1) is 12.1. The Kier molecular flexibility index (Phi) is 6.26. The van der Waals surface area contributed by atoms with Crippen LogP contribution in [0.5, 0.6) is 0 Å². The van der Waals surface area contributed by atoms with Crippen LogP contribution in [0.3, 0.4) is 0 Å². The van der Waals surface area contributed by atoms with Gasteiger partial charge in [-0.05, 0) is 68.8 Å². The van der Waals surface area contributed by atoms with Gasteiger partial charge in [-0.15, -0.1) is 0 Å². The van der Waals surface area contributed by atoms with Gasteiger partial charge in [-0.3, -0.25) is 4.79 Å². The van der Waals surface area contributed by atoms with Crippen LogP contribution in [-0.2, 0) is 10.0 Å². The molecule has 0 saturated heterocycles. The number of carbonyl (C=O) groups excluding carboxylic acids is 1. The molecular weight excluding hydrogens is 416 g/mol. The summed E-state index contributed by atoms with van der Waals surface area (Å²) in [5.41, 5.74) is 2.23. The minimum atomic E-state index is -3.56. The number of benzene rings is 2. The number of amides is 1. The number of halogens is 1. The topological polar surface area (TPSA) is 57.7 Å². The van der Waals surface area contributed by atoms with Gasteiger partial charge in [0.25, 0.3) is 5.91 Å². The van der Waals surface area contributed by atoms with Gasteiger partial charge in [-0.1, -0.05) is 15.9 Å². The number of carbonyl (C=O) groups is 1. The number of anilines is 1. The van der Waals surface area contributed by atoms with Gasteiger partial charge < -0.3 is 4.90 Å². The highest BCUT2D eigenvalue weighted by Gasteiger charge is 2.23. The van der Waals surface area contributed by atoms with Crippen LogP contribution in [0.1, 0.15) is 29.8 Å². The minimum Gasteiger partial charge on any atom is -0.311 e. The van der Waals surface area contributed by atoms with E-state index in [1.165, 1.54) is 16.4 Å². The molecular formula is C19H23BrN2O3S. The van der Waals surface area contributed by atoms with Crippen LogP contribution in [0.2, 0.25) is 0 Å². The first-order valence-corrected chi connectivity index (χ1v) is 10.4. The van der Waals surface area contributed by atoms with E-state index in [0.717, 1.165) is 15.7 Å². The van der Waals surface area contributed by atoms with Gasteiger partial charge in [-0.25, -0.2) is 8.42 Å². The van der Waals surface area contributed by atoms with Crippen molar-refractivity contribution in [1.82, 2.24) is 4.31 Å². The second-order valence-corrected chi connectivity index (χ2v) is 9.29. The molecule has 0 aliphatic carbocycles. The van der Waals surface area contributed by atoms with E-state index in [2.05, 4.69) is 15.9 Å². The van der Waals surface area contributed by atoms with E-state index in [-0.39, 0.29) is 16.8 Å². The van der Waals surface area contributed by atoms with Crippen LogP contribution < -0.4 is 4.90 Å². The number of rotatable bonds is 5. The number of aryl methyl sites for hydroxylation is 1. The zero-order valence-electron chi connectivity index (χ0n) is 15.5. The SMILES string of the molecule is Cc1cc(N(C)C(=O)c2ccc(S(=O)(=O)N(C)C(C)C)cc2)ccc1Br. The molecule has 0 fully saturated rings. The summed E-state index contributed by atoms with van der Waals surface area (Å²) in [5.74, 6) is -0.201. The van der Waals surface area contributed by atoms with Crippen molar-refractivity contribution in [2.75, 3.05) is 19.0 Å². The van der Waals surface area contributed by atoms with Crippen molar-refractivity contribution >= 4 is 37.5 Å². The maximum absolute atomic E-state index is 12.7. The Morgan fingerprint density at radius 3 is 2.12 bits per heavy atom. The molecule has 140 valence electrons. The average Bonchev–Trinajstić information content (AvgIpc) is 2.62. The lowest BCUT2D eigenvalue weighted by atomic mass is 10.1. The fraction of sp³-hybridized carbons (Fsp3) is 0.316. The normalized spacial score (nSPS) is 11.8. The maximum atomic E-state index is 12.7. The number of hydrogen-bond donors (Lipinski definition) is 0. The number of sulfonamides is 1. The van der Waals surface area contributed by atoms with Crippen molar-refractivity contribution in [3.05, 3.63) is 58.1 Å². The first-order valence-electron chi connectivity index (χ1n) is 8.18. The van der Waals surface area contributed by atoms with Gasteiger partial charge in [0.05, 0.1) is 4.90 Å². The quantitative estimate of drug-likeness (QED) is 0.706. The molecule has 0 N–H and O–H groups in total. The van der Waals surface area contributed by atoms with Crippen LogP contribution in [-0.4, -0.2) is 38.8 Å². The van der Waals surface area contributed by atoms with Crippen molar-refractivity contribution in [1.29, 1.82) is 0 Å². The lowest BCUT2D eigenvalue weighted by Crippen LogP contribution is -2.33. The molecule has 0 spiro atoms. The molecule has 0 bridgehead atoms. The molecule has 1 amide bonds. The molecule has 0 unspecified atom stereocenters. The van der Waals surface area contributed by atoms with Crippen LogP contribution >= 0.6 is 15.9 Å². The van der Waals surface area contributed by atoms with E-state index in [1.807, 2.05) is 39.0 Å². The molecule has 0 aliphatic rings. The van der Waals surface area contributed by atoms with Crippen molar-refractivity contribution in [2.45, 2.75) is 31.7 Å². The second kappa shape index (κ2) is 7.90. The molecule has 0 atom stereocenters. The lowest BCUT2D eigenvalue weighted by Gasteiger charge is -2.21. The summed E-state index contributed by atoms with van der Waals surface area (Å²) < 4.78 is 27.3. The van der Waals surface area contributed by atoms with Gasteiger partial charge in [0.2, 0.25) is 10.0 Å². The third-order valence-corrected chi connectivity index (χ3v) is 7.28. The van der Waals surface area contributed by atoms with E-state index < -0.39 is 10.0 Å². The summed E-state index contributed by atoms with van der Waals surface area (Å²) in [6.45, 7) is 5.58. The van der Waals surface area contributed by atoms with E-state index in [0.29, 0.717) is 5.56 Å². The second-order valence-electron chi connectivity index (χ2n) is 6.44. The fourth-order valence-corrected chi connectivity index (χ4v) is 3.98. The molecule has 0 aliphatic heterocycles. The summed E-state index contributed by atoms with van der Waals surface area (Å²) >= 11 is 3.44. The highest BCUT2D eigenvalue weighted by atomic mass is 79.9. The summed E-state index contributed by atoms with van der Waals surface area (Å²) in [7, 11) is -0.319. The summed E-state index contributed by atoms with van der Waals surface area (Å²) in [6, 6.07) is 11.6. The van der Waals surface area contributed by atoms with E-state index in [1.54, 1.807) is 31.1 Å². The molecule has 0 radical (unpaired) electrons. The van der Waals surface area contributed by atoms with Crippen LogP contribution in [0, 0.1) is 6.92 Å². The van der Waals surface area contributed by atoms with E-state index in [9.17, 15) is 13.2 Å². The van der Waals surface area contributed by atoms with Gasteiger partial charge in [0.1, 0.15) is 0 Å². The Bertz CT molecular complexity index is 909. The van der Waals surface area contributed by atoms with Crippen LogP contribution in [0.4, 0.5) is 5.69 Å². The third-order valence-electron chi connectivity index (χ3n) is 4.34. The van der Waals surface area contributed by atoms with E-state index >= 15 is 0 Å². The predicted molar refractivity (Wildman–Crippen MR) is 108 cm³/mol. The molecule has 2 aromatic carbocycles. The zero-order chi connectivity index (χ0) is 19.6. The van der Waals surface area contributed by atoms with Crippen molar-refractivity contribution < 1.29 is 13.2 Å². The molecule has 0 saturated carbocycles. The molecule has 7 heteroatoms. The Hall–Kier alpha value is -1.70. The van der Waals surface area contributed by atoms with Gasteiger partial charge >= 0.3 is 0 Å². The monoisotopic (exact) mass is 438 g/mol. The standard InChI is InChI=1S/C19H23BrN2O3S/c1-13(2)22(5)26(24,25)17-9-6-15(7-10-17)19(23)21(4)16-8-11-18(20)14(3)12-16/h6-13H,1-5H3. The van der Waals surface area contributed by atoms with Gasteiger partial charge in [0.15, 0.2) is 0 Å². The molecule has 26 heavy (non-hydrogen) atoms. The molecule has 0 heterocycles. The largest absolute Gasteiger partial charge is 0.311 e. The maximum Gasteiger partial charge on any atom is 0.258 e. The summed E-state index contributed by atoms with van der Waals surface area (Å²) in [4.78, 5) is 14.4. The Labute approximate surface area is 163 Å².